The van der Waals surface area contributed by atoms with Crippen LogP contribution in [0.15, 0.2) is 16.7 Å². The van der Waals surface area contributed by atoms with Gasteiger partial charge in [0, 0.05) is 6.54 Å². The summed E-state index contributed by atoms with van der Waals surface area (Å²) in [4.78, 5) is 11.7. The number of hydrogen-bond donors (Lipinski definition) is 1. The minimum atomic E-state index is -0.141. The van der Waals surface area contributed by atoms with Crippen LogP contribution >= 0.6 is 11.6 Å². The second kappa shape index (κ2) is 4.91. The van der Waals surface area contributed by atoms with Gasteiger partial charge in [-0.15, -0.1) is 0 Å². The highest BCUT2D eigenvalue weighted by Gasteiger charge is 2.24. The molecule has 1 amide bonds. The summed E-state index contributed by atoms with van der Waals surface area (Å²) >= 11 is 5.73. The maximum atomic E-state index is 11.7. The van der Waals surface area contributed by atoms with Crippen molar-refractivity contribution in [2.45, 2.75) is 26.2 Å². The maximum absolute atomic E-state index is 11.7. The van der Waals surface area contributed by atoms with Crippen LogP contribution in [0.25, 0.3) is 0 Å². The lowest BCUT2D eigenvalue weighted by Gasteiger charge is -2.15. The van der Waals surface area contributed by atoms with Crippen LogP contribution in [0, 0.1) is 11.8 Å². The van der Waals surface area contributed by atoms with Crippen molar-refractivity contribution in [2.75, 3.05) is 6.54 Å². The molecule has 1 aromatic rings. The molecule has 1 aliphatic rings. The molecule has 1 fully saturated rings. The minimum Gasteiger partial charge on any atom is -0.452 e. The zero-order valence-corrected chi connectivity index (χ0v) is 10.1. The Labute approximate surface area is 100 Å². The zero-order valence-electron chi connectivity index (χ0n) is 9.33. The van der Waals surface area contributed by atoms with Gasteiger partial charge in [0.05, 0.1) is 11.8 Å². The van der Waals surface area contributed by atoms with E-state index < -0.39 is 0 Å². The average Bonchev–Trinajstić information content (AvgIpc) is 2.84. The van der Waals surface area contributed by atoms with Gasteiger partial charge in [-0.3, -0.25) is 4.79 Å². The summed E-state index contributed by atoms with van der Waals surface area (Å²) in [7, 11) is 0. The van der Waals surface area contributed by atoms with Crippen LogP contribution in [0.2, 0.25) is 5.22 Å². The van der Waals surface area contributed by atoms with Crippen molar-refractivity contribution in [1.29, 1.82) is 0 Å². The van der Waals surface area contributed by atoms with Crippen molar-refractivity contribution in [3.8, 4) is 0 Å². The molecule has 16 heavy (non-hydrogen) atoms. The molecule has 2 unspecified atom stereocenters. The lowest BCUT2D eigenvalue weighted by molar-refractivity contribution is 0.0944. The van der Waals surface area contributed by atoms with Crippen LogP contribution in [0.5, 0.6) is 0 Å². The van der Waals surface area contributed by atoms with E-state index in [2.05, 4.69) is 12.2 Å². The molecule has 88 valence electrons. The van der Waals surface area contributed by atoms with Crippen molar-refractivity contribution < 1.29 is 9.21 Å². The lowest BCUT2D eigenvalue weighted by Crippen LogP contribution is -2.30. The summed E-state index contributed by atoms with van der Waals surface area (Å²) in [6.45, 7) is 2.98. The molecular weight excluding hydrogens is 226 g/mol. The second-order valence-corrected chi connectivity index (χ2v) is 4.83. The van der Waals surface area contributed by atoms with Gasteiger partial charge in [0.1, 0.15) is 0 Å². The summed E-state index contributed by atoms with van der Waals surface area (Å²) < 4.78 is 4.88. The van der Waals surface area contributed by atoms with E-state index in [0.717, 1.165) is 6.54 Å². The first-order valence-electron chi connectivity index (χ1n) is 5.69. The Morgan fingerprint density at radius 3 is 3.00 bits per heavy atom. The van der Waals surface area contributed by atoms with Crippen molar-refractivity contribution in [3.05, 3.63) is 23.1 Å². The van der Waals surface area contributed by atoms with Crippen molar-refractivity contribution in [1.82, 2.24) is 5.32 Å². The molecule has 0 saturated heterocycles. The molecule has 2 atom stereocenters. The minimum absolute atomic E-state index is 0.141. The molecule has 1 saturated carbocycles. The quantitative estimate of drug-likeness (QED) is 0.884. The van der Waals surface area contributed by atoms with E-state index in [1.807, 2.05) is 0 Å². The number of rotatable bonds is 3. The molecule has 0 spiro atoms. The summed E-state index contributed by atoms with van der Waals surface area (Å²) in [6, 6.07) is 1.59. The Morgan fingerprint density at radius 1 is 1.62 bits per heavy atom. The van der Waals surface area contributed by atoms with E-state index in [1.54, 1.807) is 6.07 Å². The molecule has 0 bridgehead atoms. The highest BCUT2D eigenvalue weighted by molar-refractivity contribution is 6.32. The molecule has 1 aromatic heterocycles. The Kier molecular flexibility index (Phi) is 3.54. The van der Waals surface area contributed by atoms with Gasteiger partial charge in [0.15, 0.2) is 0 Å². The molecular formula is C12H16ClNO2. The van der Waals surface area contributed by atoms with Gasteiger partial charge in [-0.1, -0.05) is 19.8 Å². The van der Waals surface area contributed by atoms with E-state index in [-0.39, 0.29) is 11.1 Å². The number of carbonyl (C=O) groups is 1. The molecule has 1 aliphatic carbocycles. The summed E-state index contributed by atoms with van der Waals surface area (Å²) in [5, 5.41) is 3.08. The van der Waals surface area contributed by atoms with Crippen LogP contribution in [0.3, 0.4) is 0 Å². The number of nitrogens with one attached hydrogen (secondary N) is 1. The summed E-state index contributed by atoms with van der Waals surface area (Å²) in [5.74, 6) is 1.17. The maximum Gasteiger partial charge on any atom is 0.256 e. The Bertz CT molecular complexity index is 375. The summed E-state index contributed by atoms with van der Waals surface area (Å²) in [6.07, 6.45) is 5.18. The van der Waals surface area contributed by atoms with Gasteiger partial charge in [0.25, 0.3) is 5.91 Å². The van der Waals surface area contributed by atoms with Gasteiger partial charge < -0.3 is 9.73 Å². The van der Waals surface area contributed by atoms with E-state index in [4.69, 9.17) is 16.0 Å². The van der Waals surface area contributed by atoms with Crippen LogP contribution in [0.1, 0.15) is 36.5 Å². The highest BCUT2D eigenvalue weighted by Crippen LogP contribution is 2.30. The molecule has 1 N–H and O–H groups in total. The predicted octanol–water partition coefficient (Wildman–Crippen LogP) is 3.10. The molecule has 0 aliphatic heterocycles. The molecule has 3 nitrogen and oxygen atoms in total. The second-order valence-electron chi connectivity index (χ2n) is 4.49. The first-order valence-corrected chi connectivity index (χ1v) is 6.07. The SMILES string of the molecule is CC1CCCC1CNC(=O)c1ccoc1Cl. The fourth-order valence-electron chi connectivity index (χ4n) is 2.30. The number of hydrogen-bond acceptors (Lipinski definition) is 2. The Morgan fingerprint density at radius 2 is 2.44 bits per heavy atom. The molecule has 4 heteroatoms. The van der Waals surface area contributed by atoms with E-state index in [0.29, 0.717) is 17.4 Å². The van der Waals surface area contributed by atoms with E-state index in [9.17, 15) is 4.79 Å². The molecule has 0 radical (unpaired) electrons. The van der Waals surface area contributed by atoms with E-state index >= 15 is 0 Å². The zero-order chi connectivity index (χ0) is 11.5. The van der Waals surface area contributed by atoms with E-state index in [1.165, 1.54) is 25.5 Å². The van der Waals surface area contributed by atoms with Crippen LogP contribution < -0.4 is 5.32 Å². The number of halogens is 1. The normalized spacial score (nSPS) is 24.6. The lowest BCUT2D eigenvalue weighted by atomic mass is 9.98. The smallest absolute Gasteiger partial charge is 0.256 e. The van der Waals surface area contributed by atoms with Crippen LogP contribution in [-0.4, -0.2) is 12.5 Å². The monoisotopic (exact) mass is 241 g/mol. The number of carbonyl (C=O) groups excluding carboxylic acids is 1. The van der Waals surface area contributed by atoms with Gasteiger partial charge in [-0.25, -0.2) is 0 Å². The van der Waals surface area contributed by atoms with Gasteiger partial charge in [-0.2, -0.15) is 0 Å². The Balaban J connectivity index is 1.86. The summed E-state index contributed by atoms with van der Waals surface area (Å²) in [5.41, 5.74) is 0.423. The first-order chi connectivity index (χ1) is 7.68. The predicted molar refractivity (Wildman–Crippen MR) is 62.6 cm³/mol. The van der Waals surface area contributed by atoms with Crippen molar-refractivity contribution in [2.24, 2.45) is 11.8 Å². The third-order valence-corrected chi connectivity index (χ3v) is 3.72. The highest BCUT2D eigenvalue weighted by atomic mass is 35.5. The van der Waals surface area contributed by atoms with Gasteiger partial charge >= 0.3 is 0 Å². The average molecular weight is 242 g/mol. The third kappa shape index (κ3) is 2.40. The molecule has 1 heterocycles. The van der Waals surface area contributed by atoms with Crippen LogP contribution in [0.4, 0.5) is 0 Å². The third-order valence-electron chi connectivity index (χ3n) is 3.43. The largest absolute Gasteiger partial charge is 0.452 e. The number of amides is 1. The van der Waals surface area contributed by atoms with Crippen LogP contribution in [-0.2, 0) is 0 Å². The first kappa shape index (κ1) is 11.5. The molecule has 0 aromatic carbocycles. The van der Waals surface area contributed by atoms with Crippen molar-refractivity contribution >= 4 is 17.5 Å². The molecule has 2 rings (SSSR count). The fourth-order valence-corrected chi connectivity index (χ4v) is 2.50. The fraction of sp³-hybridized carbons (Fsp3) is 0.583. The number of furan rings is 1. The topological polar surface area (TPSA) is 42.2 Å². The Hall–Kier alpha value is -0.960. The van der Waals surface area contributed by atoms with Gasteiger partial charge in [0.2, 0.25) is 5.22 Å². The van der Waals surface area contributed by atoms with Crippen molar-refractivity contribution in [3.63, 3.8) is 0 Å². The van der Waals surface area contributed by atoms with Gasteiger partial charge in [-0.05, 0) is 35.9 Å². The standard InChI is InChI=1S/C12H16ClNO2/c1-8-3-2-4-9(8)7-14-12(15)10-5-6-16-11(10)13/h5-6,8-9H,2-4,7H2,1H3,(H,14,15).